The minimum atomic E-state index is 0.0590. The summed E-state index contributed by atoms with van der Waals surface area (Å²) in [7, 11) is 1.77. The normalized spacial score (nSPS) is 10.8. The Morgan fingerprint density at radius 1 is 1.42 bits per heavy atom. The average molecular weight is 279 g/mol. The van der Waals surface area contributed by atoms with Crippen molar-refractivity contribution in [3.05, 3.63) is 35.0 Å². The Balaban J connectivity index is 2.41. The third-order valence-corrected chi connectivity index (χ3v) is 2.85. The van der Waals surface area contributed by atoms with Crippen molar-refractivity contribution in [3.63, 3.8) is 0 Å². The molecule has 0 atom stereocenters. The fraction of sp³-hybridized carbons (Fsp3) is 0.286. The van der Waals surface area contributed by atoms with Gasteiger partial charge in [-0.05, 0) is 32.0 Å². The third kappa shape index (κ3) is 2.96. The lowest BCUT2D eigenvalue weighted by Crippen LogP contribution is -2.05. The van der Waals surface area contributed by atoms with Crippen molar-refractivity contribution in [1.29, 1.82) is 0 Å². The highest BCUT2D eigenvalue weighted by atomic mass is 35.5. The van der Waals surface area contributed by atoms with Crippen LogP contribution in [0.2, 0.25) is 5.02 Å². The van der Waals surface area contributed by atoms with Gasteiger partial charge in [-0.2, -0.15) is 5.10 Å². The second-order valence-electron chi connectivity index (χ2n) is 4.54. The minimum Gasteiger partial charge on any atom is -0.489 e. The quantitative estimate of drug-likeness (QED) is 0.806. The SMILES string of the molecule is CC(C)Oc1ccc(-c2nn(C)cc2C=O)cc1Cl. The van der Waals surface area contributed by atoms with Gasteiger partial charge in [-0.15, -0.1) is 0 Å². The summed E-state index contributed by atoms with van der Waals surface area (Å²) in [4.78, 5) is 11.0. The van der Waals surface area contributed by atoms with Gasteiger partial charge in [0.2, 0.25) is 0 Å². The van der Waals surface area contributed by atoms with Crippen LogP contribution in [0.5, 0.6) is 5.75 Å². The Morgan fingerprint density at radius 3 is 2.74 bits per heavy atom. The molecule has 0 aliphatic carbocycles. The zero-order chi connectivity index (χ0) is 14.0. The van der Waals surface area contributed by atoms with E-state index in [1.165, 1.54) is 0 Å². The number of carbonyl (C=O) groups excluding carboxylic acids is 1. The zero-order valence-corrected chi connectivity index (χ0v) is 11.8. The van der Waals surface area contributed by atoms with Gasteiger partial charge in [0.05, 0.1) is 16.7 Å². The molecule has 0 saturated carbocycles. The average Bonchev–Trinajstić information content (AvgIpc) is 2.72. The van der Waals surface area contributed by atoms with E-state index in [1.54, 1.807) is 30.1 Å². The molecule has 19 heavy (non-hydrogen) atoms. The molecule has 0 amide bonds. The lowest BCUT2D eigenvalue weighted by atomic mass is 10.1. The molecule has 0 bridgehead atoms. The van der Waals surface area contributed by atoms with E-state index in [4.69, 9.17) is 16.3 Å². The molecule has 5 heteroatoms. The molecule has 2 aromatic rings. The molecule has 1 aromatic heterocycles. The van der Waals surface area contributed by atoms with Crippen LogP contribution in [-0.4, -0.2) is 22.2 Å². The number of aryl methyl sites for hydroxylation is 1. The number of halogens is 1. The molecule has 2 rings (SSSR count). The molecule has 0 aliphatic rings. The van der Waals surface area contributed by atoms with Crippen molar-refractivity contribution in [2.45, 2.75) is 20.0 Å². The van der Waals surface area contributed by atoms with E-state index in [2.05, 4.69) is 5.10 Å². The number of hydrogen-bond acceptors (Lipinski definition) is 3. The molecule has 1 heterocycles. The van der Waals surface area contributed by atoms with Crippen LogP contribution in [0, 0.1) is 0 Å². The zero-order valence-electron chi connectivity index (χ0n) is 11.1. The molecule has 0 saturated heterocycles. The largest absolute Gasteiger partial charge is 0.489 e. The summed E-state index contributed by atoms with van der Waals surface area (Å²) < 4.78 is 7.17. The Kier molecular flexibility index (Phi) is 3.90. The van der Waals surface area contributed by atoms with Crippen LogP contribution in [0.1, 0.15) is 24.2 Å². The Bertz CT molecular complexity index is 605. The monoisotopic (exact) mass is 278 g/mol. The van der Waals surface area contributed by atoms with Gasteiger partial charge in [0.25, 0.3) is 0 Å². The molecule has 0 unspecified atom stereocenters. The number of hydrogen-bond donors (Lipinski definition) is 0. The van der Waals surface area contributed by atoms with Gasteiger partial charge in [0.15, 0.2) is 6.29 Å². The maximum atomic E-state index is 11.0. The Labute approximate surface area is 116 Å². The van der Waals surface area contributed by atoms with Crippen molar-refractivity contribution < 1.29 is 9.53 Å². The second-order valence-corrected chi connectivity index (χ2v) is 4.94. The van der Waals surface area contributed by atoms with Crippen LogP contribution in [-0.2, 0) is 7.05 Å². The summed E-state index contributed by atoms with van der Waals surface area (Å²) in [5.74, 6) is 0.629. The molecule has 0 spiro atoms. The van der Waals surface area contributed by atoms with Crippen molar-refractivity contribution in [2.75, 3.05) is 0 Å². The number of aldehydes is 1. The van der Waals surface area contributed by atoms with E-state index in [0.29, 0.717) is 22.0 Å². The number of benzene rings is 1. The van der Waals surface area contributed by atoms with Crippen LogP contribution in [0.4, 0.5) is 0 Å². The Morgan fingerprint density at radius 2 is 2.16 bits per heavy atom. The van der Waals surface area contributed by atoms with Crippen LogP contribution in [0.25, 0.3) is 11.3 Å². The number of rotatable bonds is 4. The van der Waals surface area contributed by atoms with Crippen LogP contribution in [0.15, 0.2) is 24.4 Å². The summed E-state index contributed by atoms with van der Waals surface area (Å²) >= 11 is 6.18. The van der Waals surface area contributed by atoms with E-state index >= 15 is 0 Å². The predicted molar refractivity (Wildman–Crippen MR) is 74.8 cm³/mol. The highest BCUT2D eigenvalue weighted by Gasteiger charge is 2.12. The highest BCUT2D eigenvalue weighted by molar-refractivity contribution is 6.32. The fourth-order valence-corrected chi connectivity index (χ4v) is 2.04. The number of ether oxygens (including phenoxy) is 1. The summed E-state index contributed by atoms with van der Waals surface area (Å²) in [5.41, 5.74) is 1.95. The first-order chi connectivity index (χ1) is 9.01. The summed E-state index contributed by atoms with van der Waals surface area (Å²) in [6.07, 6.45) is 2.52. The first-order valence-electron chi connectivity index (χ1n) is 5.96. The van der Waals surface area contributed by atoms with Gasteiger partial charge in [-0.3, -0.25) is 9.48 Å². The summed E-state index contributed by atoms with van der Waals surface area (Å²) in [6, 6.07) is 5.40. The van der Waals surface area contributed by atoms with Gasteiger partial charge in [0, 0.05) is 18.8 Å². The van der Waals surface area contributed by atoms with Crippen LogP contribution < -0.4 is 4.74 Å². The fourth-order valence-electron chi connectivity index (χ4n) is 1.82. The smallest absolute Gasteiger partial charge is 0.153 e. The van der Waals surface area contributed by atoms with Gasteiger partial charge in [-0.25, -0.2) is 0 Å². The molecular weight excluding hydrogens is 264 g/mol. The molecule has 0 N–H and O–H groups in total. The van der Waals surface area contributed by atoms with E-state index in [0.717, 1.165) is 11.8 Å². The first kappa shape index (κ1) is 13.6. The maximum Gasteiger partial charge on any atom is 0.153 e. The third-order valence-electron chi connectivity index (χ3n) is 2.55. The number of carbonyl (C=O) groups is 1. The highest BCUT2D eigenvalue weighted by Crippen LogP contribution is 2.31. The maximum absolute atomic E-state index is 11.0. The first-order valence-corrected chi connectivity index (χ1v) is 6.34. The van der Waals surface area contributed by atoms with Crippen molar-refractivity contribution in [3.8, 4) is 17.0 Å². The summed E-state index contributed by atoms with van der Waals surface area (Å²) in [6.45, 7) is 3.88. The molecule has 100 valence electrons. The minimum absolute atomic E-state index is 0.0590. The van der Waals surface area contributed by atoms with Crippen LogP contribution >= 0.6 is 11.6 Å². The molecule has 0 aliphatic heterocycles. The molecule has 1 aromatic carbocycles. The van der Waals surface area contributed by atoms with Crippen molar-refractivity contribution in [2.24, 2.45) is 7.05 Å². The van der Waals surface area contributed by atoms with Gasteiger partial charge < -0.3 is 4.74 Å². The number of aromatic nitrogens is 2. The van der Waals surface area contributed by atoms with Gasteiger partial charge >= 0.3 is 0 Å². The van der Waals surface area contributed by atoms with Crippen molar-refractivity contribution >= 4 is 17.9 Å². The van der Waals surface area contributed by atoms with Crippen molar-refractivity contribution in [1.82, 2.24) is 9.78 Å². The van der Waals surface area contributed by atoms with Gasteiger partial charge in [-0.1, -0.05) is 11.6 Å². The van der Waals surface area contributed by atoms with E-state index in [9.17, 15) is 4.79 Å². The topological polar surface area (TPSA) is 44.1 Å². The molecule has 0 radical (unpaired) electrons. The molecule has 4 nitrogen and oxygen atoms in total. The lowest BCUT2D eigenvalue weighted by Gasteiger charge is -2.11. The van der Waals surface area contributed by atoms with E-state index < -0.39 is 0 Å². The number of nitrogens with zero attached hydrogens (tertiary/aromatic N) is 2. The predicted octanol–water partition coefficient (Wildman–Crippen LogP) is 3.34. The Hall–Kier alpha value is -1.81. The summed E-state index contributed by atoms with van der Waals surface area (Å²) in [5, 5.41) is 4.78. The second kappa shape index (κ2) is 5.45. The standard InChI is InChI=1S/C14H15ClN2O2/c1-9(2)19-13-5-4-10(6-12(13)15)14-11(8-18)7-17(3)16-14/h4-9H,1-3H3. The van der Waals surface area contributed by atoms with E-state index in [1.807, 2.05) is 19.9 Å². The van der Waals surface area contributed by atoms with Crippen LogP contribution in [0.3, 0.4) is 0 Å². The molecular formula is C14H15ClN2O2. The lowest BCUT2D eigenvalue weighted by molar-refractivity contribution is 0.112. The van der Waals surface area contributed by atoms with Gasteiger partial charge in [0.1, 0.15) is 11.4 Å². The van der Waals surface area contributed by atoms with E-state index in [-0.39, 0.29) is 6.10 Å². The molecule has 0 fully saturated rings.